The summed E-state index contributed by atoms with van der Waals surface area (Å²) in [5.41, 5.74) is 2.61. The van der Waals surface area contributed by atoms with Gasteiger partial charge in [0.15, 0.2) is 5.75 Å². The average molecular weight is 1060 g/mol. The predicted molar refractivity (Wildman–Crippen MR) is 233 cm³/mol. The van der Waals surface area contributed by atoms with Crippen LogP contribution in [0.15, 0.2) is 101 Å². The number of halogens is 2. The van der Waals surface area contributed by atoms with Crippen LogP contribution in [0.1, 0.15) is 0 Å². The highest BCUT2D eigenvalue weighted by molar-refractivity contribution is 7.87. The molecule has 2 aromatic heterocycles. The first-order valence-electron chi connectivity index (χ1n) is 17.2. The summed E-state index contributed by atoms with van der Waals surface area (Å²) < 4.78 is 174. The molecule has 0 atom stereocenters. The molecule has 7 rings (SSSR count). The monoisotopic (exact) mass is 1060 g/mol. The molecule has 0 fully saturated rings. The Morgan fingerprint density at radius 2 is 1.13 bits per heavy atom. The molecule has 0 bridgehead atoms. The lowest BCUT2D eigenvalue weighted by Gasteiger charge is -2.16. The number of hydrogen-bond donors (Lipinski definition) is 10. The van der Waals surface area contributed by atoms with Crippen LogP contribution < -0.4 is 21.7 Å². The number of hydrogen-bond acceptors (Lipinski definition) is 23. The zero-order valence-corrected chi connectivity index (χ0v) is 37.7. The lowest BCUT2D eigenvalue weighted by Crippen LogP contribution is -2.09. The molecule has 0 radical (unpaired) electrons. The number of nitrogens with zero attached hydrogens (tertiary/aromatic N) is 8. The van der Waals surface area contributed by atoms with Crippen LogP contribution in [0.4, 0.5) is 52.2 Å². The number of aromatic hydroxyl groups is 1. The molecule has 7 aromatic rings. The van der Waals surface area contributed by atoms with Gasteiger partial charge in [-0.1, -0.05) is 18.2 Å². The van der Waals surface area contributed by atoms with Crippen LogP contribution in [0, 0.1) is 0 Å². The second-order valence-corrected chi connectivity index (χ2v) is 20.7. The second kappa shape index (κ2) is 17.2. The van der Waals surface area contributed by atoms with Gasteiger partial charge in [-0.3, -0.25) is 22.8 Å². The van der Waals surface area contributed by atoms with Crippen molar-refractivity contribution in [2.45, 2.75) is 24.5 Å². The third-order valence-electron chi connectivity index (χ3n) is 8.68. The molecule has 5 aromatic carbocycles. The van der Waals surface area contributed by atoms with Gasteiger partial charge in [-0.2, -0.15) is 72.0 Å². The molecule has 28 nitrogen and oxygen atoms in total. The molecule has 0 aliphatic heterocycles. The fourth-order valence-electron chi connectivity index (χ4n) is 6.15. The van der Waals surface area contributed by atoms with E-state index in [1.54, 1.807) is 0 Å². The van der Waals surface area contributed by atoms with Crippen LogP contribution in [0.5, 0.6) is 5.75 Å². The molecule has 0 aliphatic rings. The zero-order chi connectivity index (χ0) is 49.2. The van der Waals surface area contributed by atoms with E-state index in [1.807, 2.05) is 0 Å². The maximum atomic E-state index is 12.7. The molecule has 0 saturated heterocycles. The van der Waals surface area contributed by atoms with E-state index in [0.29, 0.717) is 18.2 Å². The quantitative estimate of drug-likeness (QED) is 0.0545. The van der Waals surface area contributed by atoms with Crippen LogP contribution >= 0.6 is 23.2 Å². The molecule has 0 aliphatic carbocycles. The number of benzene rings is 5. The van der Waals surface area contributed by atoms with Crippen molar-refractivity contribution in [2.75, 3.05) is 21.7 Å². The Kier molecular flexibility index (Phi) is 12.4. The van der Waals surface area contributed by atoms with Gasteiger partial charge < -0.3 is 26.8 Å². The van der Waals surface area contributed by atoms with E-state index in [2.05, 4.69) is 56.1 Å². The molecule has 350 valence electrons. The Labute approximate surface area is 384 Å². The van der Waals surface area contributed by atoms with Gasteiger partial charge in [-0.05, 0) is 77.1 Å². The van der Waals surface area contributed by atoms with Crippen LogP contribution in [0.2, 0.25) is 10.6 Å². The first-order valence-corrected chi connectivity index (χ1v) is 25.2. The minimum atomic E-state index is -5.50. The summed E-state index contributed by atoms with van der Waals surface area (Å²) in [6.07, 6.45) is 0. The number of nitrogens with two attached hydrogens (primary N) is 1. The molecular formula is C32H22Cl2N12O16S5. The molecular weight excluding hydrogens is 1040 g/mol. The number of fused-ring (bicyclic) bond motifs is 2. The number of azo groups is 1. The van der Waals surface area contributed by atoms with E-state index in [9.17, 15) is 70.0 Å². The number of aromatic nitrogens is 6. The van der Waals surface area contributed by atoms with Crippen LogP contribution in [-0.2, 0) is 50.6 Å². The summed E-state index contributed by atoms with van der Waals surface area (Å²) >= 11 is 12.0. The number of nitrogen functional groups attached to an aromatic ring is 1. The van der Waals surface area contributed by atoms with Crippen molar-refractivity contribution < 1.29 is 70.0 Å². The summed E-state index contributed by atoms with van der Waals surface area (Å²) in [6.45, 7) is 0. The Hall–Kier alpha value is -6.63. The minimum absolute atomic E-state index is 0.0531. The van der Waals surface area contributed by atoms with Crippen LogP contribution in [0.3, 0.4) is 0 Å². The first kappa shape index (κ1) is 48.3. The van der Waals surface area contributed by atoms with E-state index >= 15 is 0 Å². The SMILES string of the molecule is Nc1nc(Cl)nc(Nc2ccc(S(=O)(=O)O)c(Nc3nc(Cl)nc(Nc4cc(S(=O)(=O)O)cc5cc(S(=O)(=O)O)c(N=Nc6ccc7c(S(=O)(=O)O)cccc7c6S(=O)(=O)O)c(O)c45)n3)c2)n1. The second-order valence-electron chi connectivity index (χ2n) is 13.1. The Balaban J connectivity index is 1.38. The molecule has 0 saturated carbocycles. The highest BCUT2D eigenvalue weighted by Gasteiger charge is 2.28. The van der Waals surface area contributed by atoms with Gasteiger partial charge in [-0.15, -0.1) is 10.2 Å². The van der Waals surface area contributed by atoms with Crippen molar-refractivity contribution >= 4 is 148 Å². The molecule has 2 heterocycles. The maximum Gasteiger partial charge on any atom is 0.297 e. The van der Waals surface area contributed by atoms with Gasteiger partial charge in [0, 0.05) is 21.8 Å². The van der Waals surface area contributed by atoms with Crippen molar-refractivity contribution in [3.05, 3.63) is 77.3 Å². The van der Waals surface area contributed by atoms with E-state index in [4.69, 9.17) is 28.9 Å². The van der Waals surface area contributed by atoms with Crippen molar-refractivity contribution in [1.82, 2.24) is 29.9 Å². The summed E-state index contributed by atoms with van der Waals surface area (Å²) in [5.74, 6) is -2.98. The van der Waals surface area contributed by atoms with Gasteiger partial charge in [0.05, 0.1) is 16.3 Å². The third-order valence-corrected chi connectivity index (χ3v) is 13.5. The summed E-state index contributed by atoms with van der Waals surface area (Å²) in [6, 6.07) is 9.70. The highest BCUT2D eigenvalue weighted by atomic mass is 35.5. The first-order chi connectivity index (χ1) is 31.0. The third kappa shape index (κ3) is 10.5. The Morgan fingerprint density at radius 3 is 1.72 bits per heavy atom. The largest absolute Gasteiger partial charge is 0.505 e. The van der Waals surface area contributed by atoms with Gasteiger partial charge >= 0.3 is 0 Å². The standard InChI is InChI=1S/C32H22Cl2N12O16S5/c33-27-39-29(35)43-30(40-27)36-13-4-7-21(65(54,55)56)18(10-13)37-31-41-28(34)42-32(44-31)38-19-11-14(63(48,49)50)8-12-9-22(66(57,58)59)24(25(47)23(12)19)46-45-17-6-5-15-16(26(17)67(60,61)62)2-1-3-20(15)64(51,52)53/h1-11,47H,(H,48,49,50)(H,51,52,53)(H,54,55,56)(H,57,58,59)(H,60,61,62)(H3,35,36,39,40,43)(H2,37,38,41,42,44). The normalized spacial score (nSPS) is 12.8. The van der Waals surface area contributed by atoms with E-state index in [0.717, 1.165) is 42.5 Å². The smallest absolute Gasteiger partial charge is 0.297 e. The Bertz CT molecular complexity index is 3870. The molecule has 0 amide bonds. The number of phenolic OH excluding ortho intramolecular Hbond substituents is 1. The van der Waals surface area contributed by atoms with Crippen LogP contribution in [-0.4, -0.2) is 99.9 Å². The van der Waals surface area contributed by atoms with Gasteiger partial charge in [0.2, 0.25) is 34.4 Å². The fourth-order valence-corrected chi connectivity index (χ4v) is 9.84. The maximum absolute atomic E-state index is 12.7. The molecule has 0 spiro atoms. The lowest BCUT2D eigenvalue weighted by molar-refractivity contribution is 0.472. The van der Waals surface area contributed by atoms with Gasteiger partial charge in [0.1, 0.15) is 31.0 Å². The number of phenols is 1. The van der Waals surface area contributed by atoms with Gasteiger partial charge in [-0.25, -0.2) is 0 Å². The van der Waals surface area contributed by atoms with E-state index < -0.39 is 142 Å². The molecule has 35 heteroatoms. The topological polar surface area (TPSA) is 456 Å². The molecule has 11 N–H and O–H groups in total. The summed E-state index contributed by atoms with van der Waals surface area (Å²) in [4.78, 5) is 18.1. The van der Waals surface area contributed by atoms with Gasteiger partial charge in [0.25, 0.3) is 50.6 Å². The highest BCUT2D eigenvalue weighted by Crippen LogP contribution is 2.46. The molecule has 0 unspecified atom stereocenters. The van der Waals surface area contributed by atoms with Crippen molar-refractivity contribution in [2.24, 2.45) is 10.2 Å². The zero-order valence-electron chi connectivity index (χ0n) is 32.1. The number of nitrogens with one attached hydrogen (secondary N) is 3. The minimum Gasteiger partial charge on any atom is -0.505 e. The summed E-state index contributed by atoms with van der Waals surface area (Å²) in [5, 5.41) is 23.5. The predicted octanol–water partition coefficient (Wildman–Crippen LogP) is 4.84. The van der Waals surface area contributed by atoms with Crippen LogP contribution in [0.25, 0.3) is 21.5 Å². The lowest BCUT2D eigenvalue weighted by atomic mass is 10.1. The van der Waals surface area contributed by atoms with E-state index in [-0.39, 0.29) is 22.9 Å². The van der Waals surface area contributed by atoms with E-state index in [1.165, 1.54) is 6.07 Å². The molecule has 67 heavy (non-hydrogen) atoms. The summed E-state index contributed by atoms with van der Waals surface area (Å²) in [7, 11) is -26.0. The number of anilines is 7. The van der Waals surface area contributed by atoms with Crippen molar-refractivity contribution in [3.8, 4) is 5.75 Å². The average Bonchev–Trinajstić information content (AvgIpc) is 3.17. The Morgan fingerprint density at radius 1 is 0.537 bits per heavy atom. The number of rotatable bonds is 13. The fraction of sp³-hybridized carbons (Fsp3) is 0. The van der Waals surface area contributed by atoms with Crippen molar-refractivity contribution in [1.29, 1.82) is 0 Å². The van der Waals surface area contributed by atoms with Crippen molar-refractivity contribution in [3.63, 3.8) is 0 Å².